The van der Waals surface area contributed by atoms with Gasteiger partial charge in [-0.3, -0.25) is 9.69 Å². The number of likely N-dealkylation sites (tertiary alicyclic amines) is 1. The average Bonchev–Trinajstić information content (AvgIpc) is 2.68. The quantitative estimate of drug-likeness (QED) is 0.747. The van der Waals surface area contributed by atoms with Crippen molar-refractivity contribution in [3.63, 3.8) is 0 Å². The summed E-state index contributed by atoms with van der Waals surface area (Å²) >= 11 is 0. The van der Waals surface area contributed by atoms with E-state index in [0.29, 0.717) is 0 Å². The minimum absolute atomic E-state index is 0.0542. The predicted octanol–water partition coefficient (Wildman–Crippen LogP) is 4.10. The minimum atomic E-state index is -0.208. The molecule has 1 saturated heterocycles. The lowest BCUT2D eigenvalue weighted by Gasteiger charge is -2.32. The van der Waals surface area contributed by atoms with Crippen molar-refractivity contribution in [2.45, 2.75) is 39.2 Å². The van der Waals surface area contributed by atoms with Crippen LogP contribution in [-0.4, -0.2) is 30.4 Å². The van der Waals surface area contributed by atoms with Gasteiger partial charge in [0.15, 0.2) is 0 Å². The molecule has 144 valence electrons. The summed E-state index contributed by atoms with van der Waals surface area (Å²) in [4.78, 5) is 14.8. The van der Waals surface area contributed by atoms with Crippen LogP contribution in [0, 0.1) is 18.7 Å². The SMILES string of the molecule is Cc1ccc(CCCNC(=O)[C@H]2CCCN(Cc3ccc(F)cc3)C2)cc1. The number of nitrogens with one attached hydrogen (secondary N) is 1. The molecule has 1 fully saturated rings. The van der Waals surface area contributed by atoms with Crippen LogP contribution in [-0.2, 0) is 17.8 Å². The summed E-state index contributed by atoms with van der Waals surface area (Å²) in [6, 6.07) is 15.2. The highest BCUT2D eigenvalue weighted by Gasteiger charge is 2.25. The van der Waals surface area contributed by atoms with Gasteiger partial charge in [0.2, 0.25) is 5.91 Å². The molecule has 0 bridgehead atoms. The Kier molecular flexibility index (Phi) is 6.99. The monoisotopic (exact) mass is 368 g/mol. The van der Waals surface area contributed by atoms with Crippen molar-refractivity contribution >= 4 is 5.91 Å². The number of rotatable bonds is 7. The Balaban J connectivity index is 1.40. The third-order valence-corrected chi connectivity index (χ3v) is 5.26. The lowest BCUT2D eigenvalue weighted by atomic mass is 9.96. The third-order valence-electron chi connectivity index (χ3n) is 5.26. The second kappa shape index (κ2) is 9.65. The first-order valence-electron chi connectivity index (χ1n) is 9.90. The zero-order valence-electron chi connectivity index (χ0n) is 16.1. The molecule has 0 radical (unpaired) electrons. The van der Waals surface area contributed by atoms with Crippen molar-refractivity contribution < 1.29 is 9.18 Å². The topological polar surface area (TPSA) is 32.3 Å². The van der Waals surface area contributed by atoms with Gasteiger partial charge in [0.1, 0.15) is 5.82 Å². The van der Waals surface area contributed by atoms with E-state index in [2.05, 4.69) is 41.4 Å². The van der Waals surface area contributed by atoms with Crippen LogP contribution < -0.4 is 5.32 Å². The van der Waals surface area contributed by atoms with Crippen molar-refractivity contribution in [1.29, 1.82) is 0 Å². The van der Waals surface area contributed by atoms with Gasteiger partial charge in [-0.25, -0.2) is 4.39 Å². The summed E-state index contributed by atoms with van der Waals surface area (Å²) < 4.78 is 13.0. The first-order valence-corrected chi connectivity index (χ1v) is 9.90. The van der Waals surface area contributed by atoms with E-state index in [1.165, 1.54) is 23.3 Å². The molecule has 1 aliphatic heterocycles. The van der Waals surface area contributed by atoms with Crippen LogP contribution in [0.3, 0.4) is 0 Å². The second-order valence-electron chi connectivity index (χ2n) is 7.58. The number of carbonyl (C=O) groups is 1. The fourth-order valence-electron chi connectivity index (χ4n) is 3.66. The normalized spacial score (nSPS) is 17.6. The molecule has 27 heavy (non-hydrogen) atoms. The van der Waals surface area contributed by atoms with E-state index >= 15 is 0 Å². The molecule has 0 unspecified atom stereocenters. The molecule has 0 aliphatic carbocycles. The maximum absolute atomic E-state index is 13.0. The van der Waals surface area contributed by atoms with E-state index in [4.69, 9.17) is 0 Å². The number of hydrogen-bond donors (Lipinski definition) is 1. The van der Waals surface area contributed by atoms with E-state index in [9.17, 15) is 9.18 Å². The van der Waals surface area contributed by atoms with Gasteiger partial charge in [0, 0.05) is 19.6 Å². The van der Waals surface area contributed by atoms with E-state index in [1.807, 2.05) is 12.1 Å². The molecule has 1 heterocycles. The number of carbonyl (C=O) groups excluding carboxylic acids is 1. The maximum atomic E-state index is 13.0. The highest BCUT2D eigenvalue weighted by atomic mass is 19.1. The van der Waals surface area contributed by atoms with Crippen LogP contribution in [0.4, 0.5) is 4.39 Å². The molecule has 1 amide bonds. The first-order chi connectivity index (χ1) is 13.1. The number of halogens is 1. The molecule has 1 atom stereocenters. The molecule has 1 N–H and O–H groups in total. The molecule has 3 rings (SSSR count). The summed E-state index contributed by atoms with van der Waals surface area (Å²) in [5.74, 6) is 0.0153. The second-order valence-corrected chi connectivity index (χ2v) is 7.58. The zero-order chi connectivity index (χ0) is 19.1. The van der Waals surface area contributed by atoms with Gasteiger partial charge in [0.25, 0.3) is 0 Å². The van der Waals surface area contributed by atoms with Gasteiger partial charge in [0.05, 0.1) is 5.92 Å². The summed E-state index contributed by atoms with van der Waals surface area (Å²) in [7, 11) is 0. The first kappa shape index (κ1) is 19.6. The highest BCUT2D eigenvalue weighted by molar-refractivity contribution is 5.78. The molecule has 0 spiro atoms. The highest BCUT2D eigenvalue weighted by Crippen LogP contribution is 2.19. The summed E-state index contributed by atoms with van der Waals surface area (Å²) in [5, 5.41) is 3.11. The molecule has 2 aromatic rings. The van der Waals surface area contributed by atoms with E-state index in [1.54, 1.807) is 0 Å². The molecule has 4 heteroatoms. The Bertz CT molecular complexity index is 727. The van der Waals surface area contributed by atoms with Crippen molar-refractivity contribution in [2.75, 3.05) is 19.6 Å². The molecule has 3 nitrogen and oxygen atoms in total. The Morgan fingerprint density at radius 1 is 1.11 bits per heavy atom. The van der Waals surface area contributed by atoms with Crippen molar-refractivity contribution in [3.8, 4) is 0 Å². The summed E-state index contributed by atoms with van der Waals surface area (Å²) in [6.45, 7) is 5.36. The van der Waals surface area contributed by atoms with Crippen molar-refractivity contribution in [1.82, 2.24) is 10.2 Å². The van der Waals surface area contributed by atoms with Crippen molar-refractivity contribution in [3.05, 3.63) is 71.0 Å². The molecular weight excluding hydrogens is 339 g/mol. The zero-order valence-corrected chi connectivity index (χ0v) is 16.1. The number of piperidine rings is 1. The van der Waals surface area contributed by atoms with Gasteiger partial charge in [-0.15, -0.1) is 0 Å². The van der Waals surface area contributed by atoms with Crippen molar-refractivity contribution in [2.24, 2.45) is 5.92 Å². The Hall–Kier alpha value is -2.20. The largest absolute Gasteiger partial charge is 0.356 e. The van der Waals surface area contributed by atoms with Crippen LogP contribution >= 0.6 is 0 Å². The van der Waals surface area contributed by atoms with Crippen LogP contribution in [0.5, 0.6) is 0 Å². The standard InChI is InChI=1S/C23H29FN2O/c1-18-6-8-19(9-7-18)4-2-14-25-23(27)21-5-3-15-26(17-21)16-20-10-12-22(24)13-11-20/h6-13,21H,2-5,14-17H2,1H3,(H,25,27)/t21-/m0/s1. The van der Waals surface area contributed by atoms with Crippen LogP contribution in [0.25, 0.3) is 0 Å². The smallest absolute Gasteiger partial charge is 0.224 e. The molecule has 1 aliphatic rings. The minimum Gasteiger partial charge on any atom is -0.356 e. The van der Waals surface area contributed by atoms with Crippen LogP contribution in [0.1, 0.15) is 36.0 Å². The Morgan fingerprint density at radius 2 is 1.81 bits per heavy atom. The lowest BCUT2D eigenvalue weighted by Crippen LogP contribution is -2.42. The maximum Gasteiger partial charge on any atom is 0.224 e. The summed E-state index contributed by atoms with van der Waals surface area (Å²) in [6.07, 6.45) is 3.93. The molecule has 0 saturated carbocycles. The number of benzene rings is 2. The Morgan fingerprint density at radius 3 is 2.56 bits per heavy atom. The van der Waals surface area contributed by atoms with Gasteiger partial charge in [-0.2, -0.15) is 0 Å². The Labute approximate surface area is 161 Å². The number of aryl methyl sites for hydroxylation is 2. The fraction of sp³-hybridized carbons (Fsp3) is 0.435. The van der Waals surface area contributed by atoms with Crippen LogP contribution in [0.15, 0.2) is 48.5 Å². The molecular formula is C23H29FN2O. The summed E-state index contributed by atoms with van der Waals surface area (Å²) in [5.41, 5.74) is 3.68. The van der Waals surface area contributed by atoms with E-state index in [0.717, 1.165) is 57.4 Å². The van der Waals surface area contributed by atoms with E-state index < -0.39 is 0 Å². The third kappa shape index (κ3) is 6.17. The fourth-order valence-corrected chi connectivity index (χ4v) is 3.66. The van der Waals surface area contributed by atoms with Crippen LogP contribution in [0.2, 0.25) is 0 Å². The number of hydrogen-bond acceptors (Lipinski definition) is 2. The average molecular weight is 368 g/mol. The predicted molar refractivity (Wildman–Crippen MR) is 107 cm³/mol. The lowest BCUT2D eigenvalue weighted by molar-refractivity contribution is -0.126. The number of nitrogens with zero attached hydrogens (tertiary/aromatic N) is 1. The van der Waals surface area contributed by atoms with Gasteiger partial charge >= 0.3 is 0 Å². The molecule has 0 aromatic heterocycles. The molecule has 2 aromatic carbocycles. The van der Waals surface area contributed by atoms with Gasteiger partial charge in [-0.05, 0) is 62.4 Å². The van der Waals surface area contributed by atoms with Gasteiger partial charge < -0.3 is 5.32 Å². The number of amides is 1. The van der Waals surface area contributed by atoms with E-state index in [-0.39, 0.29) is 17.6 Å². The van der Waals surface area contributed by atoms with Gasteiger partial charge in [-0.1, -0.05) is 42.0 Å².